The number of hydrogen-bond donors (Lipinski definition) is 2. The third-order valence-electron chi connectivity index (χ3n) is 3.02. The van der Waals surface area contributed by atoms with E-state index in [0.717, 1.165) is 23.8 Å². The summed E-state index contributed by atoms with van der Waals surface area (Å²) in [6, 6.07) is 8.09. The first-order valence-electron chi connectivity index (χ1n) is 7.47. The third kappa shape index (κ3) is 5.95. The smallest absolute Gasteiger partial charge is 0.191 e. The van der Waals surface area contributed by atoms with Crippen molar-refractivity contribution in [1.29, 1.82) is 0 Å². The van der Waals surface area contributed by atoms with Gasteiger partial charge in [-0.05, 0) is 19.4 Å². The maximum atomic E-state index is 5.62. The average Bonchev–Trinajstić information content (AvgIpc) is 2.48. The molecule has 0 bridgehead atoms. The minimum atomic E-state index is 0.682. The molecule has 1 rings (SSSR count). The van der Waals surface area contributed by atoms with Gasteiger partial charge in [0.1, 0.15) is 5.75 Å². The van der Waals surface area contributed by atoms with Crippen molar-refractivity contribution in [3.05, 3.63) is 29.8 Å². The molecule has 0 amide bonds. The van der Waals surface area contributed by atoms with Crippen molar-refractivity contribution in [2.24, 2.45) is 4.99 Å². The summed E-state index contributed by atoms with van der Waals surface area (Å²) in [7, 11) is 1.80. The second-order valence-electron chi connectivity index (χ2n) is 4.60. The zero-order valence-electron chi connectivity index (χ0n) is 12.9. The Kier molecular flexibility index (Phi) is 8.27. The molecule has 2 N–H and O–H groups in total. The molecule has 112 valence electrons. The first-order valence-corrected chi connectivity index (χ1v) is 7.47. The molecule has 20 heavy (non-hydrogen) atoms. The number of nitrogens with one attached hydrogen (secondary N) is 2. The molecule has 0 aromatic heterocycles. The van der Waals surface area contributed by atoms with Gasteiger partial charge in [0, 0.05) is 25.7 Å². The minimum absolute atomic E-state index is 0.682. The number of hydrogen-bond acceptors (Lipinski definition) is 2. The van der Waals surface area contributed by atoms with E-state index in [4.69, 9.17) is 4.74 Å². The van der Waals surface area contributed by atoms with Gasteiger partial charge in [0.25, 0.3) is 0 Å². The Morgan fingerprint density at radius 3 is 2.65 bits per heavy atom. The summed E-state index contributed by atoms with van der Waals surface area (Å²) < 4.78 is 5.62. The van der Waals surface area contributed by atoms with Crippen LogP contribution in [0.4, 0.5) is 0 Å². The molecule has 0 atom stereocenters. The molecule has 0 radical (unpaired) electrons. The first-order chi connectivity index (χ1) is 9.81. The first kappa shape index (κ1) is 16.3. The average molecular weight is 277 g/mol. The van der Waals surface area contributed by atoms with Crippen molar-refractivity contribution >= 4 is 5.96 Å². The molecule has 1 aromatic rings. The number of aliphatic imine (C=N–C) groups is 1. The summed E-state index contributed by atoms with van der Waals surface area (Å²) in [5.41, 5.74) is 1.14. The van der Waals surface area contributed by atoms with Crippen LogP contribution in [0.5, 0.6) is 5.75 Å². The van der Waals surface area contributed by atoms with Crippen LogP contribution in [0.3, 0.4) is 0 Å². The van der Waals surface area contributed by atoms with Gasteiger partial charge in [-0.3, -0.25) is 4.99 Å². The summed E-state index contributed by atoms with van der Waals surface area (Å²) in [5.74, 6) is 1.77. The molecule has 1 aromatic carbocycles. The van der Waals surface area contributed by atoms with Crippen molar-refractivity contribution in [1.82, 2.24) is 10.6 Å². The predicted molar refractivity (Wildman–Crippen MR) is 85.3 cm³/mol. The summed E-state index contributed by atoms with van der Waals surface area (Å²) in [5, 5.41) is 6.64. The molecule has 4 nitrogen and oxygen atoms in total. The third-order valence-corrected chi connectivity index (χ3v) is 3.02. The van der Waals surface area contributed by atoms with E-state index in [9.17, 15) is 0 Å². The van der Waals surface area contributed by atoms with Crippen molar-refractivity contribution in [2.75, 3.05) is 20.2 Å². The van der Waals surface area contributed by atoms with E-state index in [1.807, 2.05) is 25.1 Å². The van der Waals surface area contributed by atoms with Crippen molar-refractivity contribution < 1.29 is 4.74 Å². The predicted octanol–water partition coefficient (Wildman–Crippen LogP) is 2.94. The zero-order chi connectivity index (χ0) is 14.6. The molecule has 4 heteroatoms. The number of nitrogens with zero attached hydrogens (tertiary/aromatic N) is 1. The molecule has 0 unspecified atom stereocenters. The topological polar surface area (TPSA) is 45.7 Å². The Morgan fingerprint density at radius 1 is 1.15 bits per heavy atom. The van der Waals surface area contributed by atoms with Gasteiger partial charge >= 0.3 is 0 Å². The maximum absolute atomic E-state index is 5.62. The lowest BCUT2D eigenvalue weighted by molar-refractivity contribution is 0.336. The molecule has 0 spiro atoms. The van der Waals surface area contributed by atoms with Crippen LogP contribution < -0.4 is 15.4 Å². The van der Waals surface area contributed by atoms with Crippen LogP contribution in [0, 0.1) is 0 Å². The van der Waals surface area contributed by atoms with Gasteiger partial charge in [0.2, 0.25) is 0 Å². The highest BCUT2D eigenvalue weighted by atomic mass is 16.5. The second kappa shape index (κ2) is 10.1. The number of guanidine groups is 1. The van der Waals surface area contributed by atoms with Crippen LogP contribution in [-0.2, 0) is 6.54 Å². The molecule has 0 aliphatic rings. The van der Waals surface area contributed by atoms with Gasteiger partial charge in [-0.15, -0.1) is 0 Å². The van der Waals surface area contributed by atoms with Gasteiger partial charge < -0.3 is 15.4 Å². The van der Waals surface area contributed by atoms with E-state index in [2.05, 4.69) is 28.6 Å². The Bertz CT molecular complexity index is 404. The number of rotatable bonds is 8. The van der Waals surface area contributed by atoms with Gasteiger partial charge in [-0.25, -0.2) is 0 Å². The van der Waals surface area contributed by atoms with Crippen molar-refractivity contribution in [3.63, 3.8) is 0 Å². The fraction of sp³-hybridized carbons (Fsp3) is 0.562. The highest BCUT2D eigenvalue weighted by Gasteiger charge is 2.03. The highest BCUT2D eigenvalue weighted by molar-refractivity contribution is 5.79. The molecule has 0 heterocycles. The van der Waals surface area contributed by atoms with Gasteiger partial charge in [-0.2, -0.15) is 0 Å². The normalized spacial score (nSPS) is 11.2. The van der Waals surface area contributed by atoms with Gasteiger partial charge in [0.05, 0.1) is 6.61 Å². The monoisotopic (exact) mass is 277 g/mol. The molecular weight excluding hydrogens is 250 g/mol. The molecule has 0 aliphatic heterocycles. The number of benzene rings is 1. The summed E-state index contributed by atoms with van der Waals surface area (Å²) in [6.45, 7) is 6.56. The van der Waals surface area contributed by atoms with Crippen LogP contribution in [0.1, 0.15) is 38.7 Å². The Labute approximate surface area is 122 Å². The molecule has 0 fully saturated rings. The summed E-state index contributed by atoms with van der Waals surface area (Å²) in [6.07, 6.45) is 3.65. The van der Waals surface area contributed by atoms with Crippen LogP contribution in [0.2, 0.25) is 0 Å². The molecule has 0 saturated carbocycles. The Morgan fingerprint density at radius 2 is 1.95 bits per heavy atom. The van der Waals surface area contributed by atoms with E-state index in [-0.39, 0.29) is 0 Å². The van der Waals surface area contributed by atoms with E-state index in [0.29, 0.717) is 13.2 Å². The van der Waals surface area contributed by atoms with Crippen LogP contribution >= 0.6 is 0 Å². The van der Waals surface area contributed by atoms with Crippen molar-refractivity contribution in [2.45, 2.75) is 39.7 Å². The largest absolute Gasteiger partial charge is 0.494 e. The van der Waals surface area contributed by atoms with Crippen molar-refractivity contribution in [3.8, 4) is 5.75 Å². The highest BCUT2D eigenvalue weighted by Crippen LogP contribution is 2.17. The maximum Gasteiger partial charge on any atom is 0.191 e. The quantitative estimate of drug-likeness (QED) is 0.436. The van der Waals surface area contributed by atoms with Crippen LogP contribution in [0.15, 0.2) is 29.3 Å². The van der Waals surface area contributed by atoms with E-state index < -0.39 is 0 Å². The van der Waals surface area contributed by atoms with E-state index in [1.54, 1.807) is 7.05 Å². The minimum Gasteiger partial charge on any atom is -0.494 e. The Hall–Kier alpha value is -1.71. The zero-order valence-corrected chi connectivity index (χ0v) is 12.9. The number of ether oxygens (including phenoxy) is 1. The Balaban J connectivity index is 2.44. The van der Waals surface area contributed by atoms with E-state index in [1.165, 1.54) is 19.3 Å². The lowest BCUT2D eigenvalue weighted by Gasteiger charge is -2.14. The second-order valence-corrected chi connectivity index (χ2v) is 4.60. The molecule has 0 aliphatic carbocycles. The number of unbranched alkanes of at least 4 members (excludes halogenated alkanes) is 2. The molecular formula is C16H27N3O. The summed E-state index contributed by atoms with van der Waals surface area (Å²) in [4.78, 5) is 4.23. The standard InChI is InChI=1S/C16H27N3O/c1-4-6-9-12-18-16(17-3)19-13-14-10-7-8-11-15(14)20-5-2/h7-8,10-11H,4-6,9,12-13H2,1-3H3,(H2,17,18,19). The molecule has 0 saturated heterocycles. The van der Waals surface area contributed by atoms with Gasteiger partial charge in [-0.1, -0.05) is 38.0 Å². The lowest BCUT2D eigenvalue weighted by atomic mass is 10.2. The summed E-state index contributed by atoms with van der Waals surface area (Å²) >= 11 is 0. The van der Waals surface area contributed by atoms with Crippen LogP contribution in [0.25, 0.3) is 0 Å². The fourth-order valence-electron chi connectivity index (χ4n) is 1.93. The SMILES string of the molecule is CCCCCNC(=NC)NCc1ccccc1OCC. The van der Waals surface area contributed by atoms with Crippen LogP contribution in [-0.4, -0.2) is 26.2 Å². The van der Waals surface area contributed by atoms with Gasteiger partial charge in [0.15, 0.2) is 5.96 Å². The number of para-hydroxylation sites is 1. The lowest BCUT2D eigenvalue weighted by Crippen LogP contribution is -2.37. The van der Waals surface area contributed by atoms with E-state index >= 15 is 0 Å². The fourth-order valence-corrected chi connectivity index (χ4v) is 1.93.